The summed E-state index contributed by atoms with van der Waals surface area (Å²) in [7, 11) is -1.14. The van der Waals surface area contributed by atoms with Crippen LogP contribution in [0.2, 0.25) is 0 Å². The number of nitrogens with zero attached hydrogens (tertiary/aromatic N) is 1. The smallest absolute Gasteiger partial charge is 0.339 e. The number of ether oxygens (including phenoxy) is 2. The Balaban J connectivity index is 1.74. The van der Waals surface area contributed by atoms with Crippen molar-refractivity contribution in [3.63, 3.8) is 0 Å². The number of hydrogen-bond acceptors (Lipinski definition) is 7. The third kappa shape index (κ3) is 5.89. The molecule has 0 spiro atoms. The van der Waals surface area contributed by atoms with Gasteiger partial charge in [0.2, 0.25) is 0 Å². The highest BCUT2D eigenvalue weighted by molar-refractivity contribution is 7.87. The highest BCUT2D eigenvalue weighted by Crippen LogP contribution is 2.30. The Morgan fingerprint density at radius 2 is 1.52 bits per heavy atom. The molecule has 0 heterocycles. The van der Waals surface area contributed by atoms with Crippen molar-refractivity contribution in [1.29, 1.82) is 0 Å². The van der Waals surface area contributed by atoms with E-state index in [-0.39, 0.29) is 16.4 Å². The van der Waals surface area contributed by atoms with E-state index in [4.69, 9.17) is 13.7 Å². The van der Waals surface area contributed by atoms with Crippen LogP contribution in [0.25, 0.3) is 0 Å². The quantitative estimate of drug-likeness (QED) is 0.306. The Bertz CT molecular complexity index is 1280. The number of carbonyl (C=O) groups is 1. The van der Waals surface area contributed by atoms with Crippen molar-refractivity contribution in [2.24, 2.45) is 5.10 Å². The van der Waals surface area contributed by atoms with Gasteiger partial charge in [-0.3, -0.25) is 4.79 Å². The van der Waals surface area contributed by atoms with Crippen molar-refractivity contribution >= 4 is 22.2 Å². The molecule has 0 aliphatic heterocycles. The summed E-state index contributed by atoms with van der Waals surface area (Å²) in [6.07, 6.45) is 1.40. The Morgan fingerprint density at radius 3 is 2.18 bits per heavy atom. The van der Waals surface area contributed by atoms with Crippen LogP contribution in [0.3, 0.4) is 0 Å². The highest BCUT2D eigenvalue weighted by atomic mass is 32.2. The van der Waals surface area contributed by atoms with Gasteiger partial charge in [0.15, 0.2) is 11.5 Å². The van der Waals surface area contributed by atoms with Gasteiger partial charge in [0.25, 0.3) is 5.91 Å². The molecule has 0 bridgehead atoms. The molecule has 9 heteroatoms. The molecule has 0 saturated heterocycles. The zero-order valence-electron chi connectivity index (χ0n) is 18.7. The fourth-order valence-corrected chi connectivity index (χ4v) is 3.86. The summed E-state index contributed by atoms with van der Waals surface area (Å²) in [5.41, 5.74) is 5.25. The van der Waals surface area contributed by atoms with Crippen molar-refractivity contribution in [1.82, 2.24) is 5.43 Å². The second-order valence-electron chi connectivity index (χ2n) is 7.16. The molecule has 0 saturated carbocycles. The summed E-state index contributed by atoms with van der Waals surface area (Å²) in [5.74, 6) is 0.240. The van der Waals surface area contributed by atoms with Crippen LogP contribution in [-0.4, -0.2) is 34.8 Å². The molecule has 0 aliphatic rings. The van der Waals surface area contributed by atoms with Gasteiger partial charge < -0.3 is 13.7 Å². The van der Waals surface area contributed by atoms with E-state index in [0.29, 0.717) is 16.9 Å². The topological polar surface area (TPSA) is 103 Å². The zero-order valence-corrected chi connectivity index (χ0v) is 19.5. The Morgan fingerprint density at radius 1 is 0.848 bits per heavy atom. The van der Waals surface area contributed by atoms with Crippen LogP contribution in [0.1, 0.15) is 27.0 Å². The van der Waals surface area contributed by atoms with E-state index >= 15 is 0 Å². The van der Waals surface area contributed by atoms with Gasteiger partial charge in [-0.25, -0.2) is 5.43 Å². The molecular weight excluding hydrogens is 444 g/mol. The second kappa shape index (κ2) is 10.2. The molecule has 8 nitrogen and oxygen atoms in total. The predicted octanol–water partition coefficient (Wildman–Crippen LogP) is 3.85. The van der Waals surface area contributed by atoms with Gasteiger partial charge in [-0.05, 0) is 67.4 Å². The molecule has 3 aromatic rings. The predicted molar refractivity (Wildman–Crippen MR) is 125 cm³/mol. The van der Waals surface area contributed by atoms with Crippen LogP contribution in [0.5, 0.6) is 17.2 Å². The number of methoxy groups -OCH3 is 2. The average Bonchev–Trinajstić information content (AvgIpc) is 2.79. The molecule has 0 aliphatic carbocycles. The summed E-state index contributed by atoms with van der Waals surface area (Å²) in [5, 5.41) is 3.96. The molecule has 3 rings (SSSR count). The highest BCUT2D eigenvalue weighted by Gasteiger charge is 2.19. The summed E-state index contributed by atoms with van der Waals surface area (Å²) < 4.78 is 40.9. The summed E-state index contributed by atoms with van der Waals surface area (Å²) >= 11 is 0. The summed E-state index contributed by atoms with van der Waals surface area (Å²) in [4.78, 5) is 12.4. The molecule has 3 aromatic carbocycles. The number of benzene rings is 3. The first-order valence-corrected chi connectivity index (χ1v) is 11.3. The largest absolute Gasteiger partial charge is 0.496 e. The third-order valence-corrected chi connectivity index (χ3v) is 5.93. The first-order valence-electron chi connectivity index (χ1n) is 9.91. The molecule has 1 N–H and O–H groups in total. The minimum absolute atomic E-state index is 0.0312. The van der Waals surface area contributed by atoms with Gasteiger partial charge >= 0.3 is 10.1 Å². The van der Waals surface area contributed by atoms with Crippen LogP contribution < -0.4 is 19.1 Å². The number of rotatable bonds is 8. The Kier molecular flexibility index (Phi) is 7.34. The van der Waals surface area contributed by atoms with Crippen LogP contribution >= 0.6 is 0 Å². The van der Waals surface area contributed by atoms with Gasteiger partial charge in [0.1, 0.15) is 10.6 Å². The normalized spacial score (nSPS) is 11.3. The van der Waals surface area contributed by atoms with Gasteiger partial charge in [-0.2, -0.15) is 13.5 Å². The molecule has 0 unspecified atom stereocenters. The van der Waals surface area contributed by atoms with Crippen molar-refractivity contribution < 1.29 is 26.9 Å². The average molecular weight is 469 g/mol. The SMILES string of the molecule is COc1cc(/C=N\NC(=O)c2ccc(C)cc2OC)ccc1OS(=O)(=O)c1ccc(C)cc1. The number of carbonyl (C=O) groups excluding carboxylic acids is 1. The fraction of sp³-hybridized carbons (Fsp3) is 0.167. The maximum Gasteiger partial charge on any atom is 0.339 e. The summed E-state index contributed by atoms with van der Waals surface area (Å²) in [6, 6.07) is 16.1. The minimum atomic E-state index is -4.03. The van der Waals surface area contributed by atoms with Crippen LogP contribution in [0.15, 0.2) is 70.7 Å². The molecule has 1 amide bonds. The van der Waals surface area contributed by atoms with Crippen LogP contribution in [0, 0.1) is 13.8 Å². The van der Waals surface area contributed by atoms with E-state index in [0.717, 1.165) is 11.1 Å². The number of amides is 1. The van der Waals surface area contributed by atoms with Crippen molar-refractivity contribution in [2.75, 3.05) is 14.2 Å². The molecule has 0 atom stereocenters. The first kappa shape index (κ1) is 23.8. The maximum atomic E-state index is 12.6. The van der Waals surface area contributed by atoms with E-state index in [1.54, 1.807) is 42.5 Å². The summed E-state index contributed by atoms with van der Waals surface area (Å²) in [6.45, 7) is 3.76. The van der Waals surface area contributed by atoms with E-state index in [1.807, 2.05) is 13.8 Å². The lowest BCUT2D eigenvalue weighted by atomic mass is 10.1. The van der Waals surface area contributed by atoms with Crippen molar-refractivity contribution in [3.8, 4) is 17.2 Å². The second-order valence-corrected chi connectivity index (χ2v) is 8.71. The van der Waals surface area contributed by atoms with E-state index in [1.165, 1.54) is 38.6 Å². The number of hydrogen-bond donors (Lipinski definition) is 1. The van der Waals surface area contributed by atoms with Gasteiger partial charge in [0, 0.05) is 0 Å². The van der Waals surface area contributed by atoms with E-state index in [2.05, 4.69) is 10.5 Å². The van der Waals surface area contributed by atoms with E-state index < -0.39 is 16.0 Å². The van der Waals surface area contributed by atoms with Crippen LogP contribution in [0.4, 0.5) is 0 Å². The van der Waals surface area contributed by atoms with Gasteiger partial charge in [0.05, 0.1) is 26.0 Å². The van der Waals surface area contributed by atoms with Gasteiger partial charge in [-0.1, -0.05) is 23.8 Å². The lowest BCUT2D eigenvalue weighted by molar-refractivity contribution is 0.0952. The minimum Gasteiger partial charge on any atom is -0.496 e. The number of aryl methyl sites for hydroxylation is 2. The first-order chi connectivity index (χ1) is 15.7. The fourth-order valence-electron chi connectivity index (χ4n) is 2.92. The van der Waals surface area contributed by atoms with E-state index in [9.17, 15) is 13.2 Å². The van der Waals surface area contributed by atoms with Crippen LogP contribution in [-0.2, 0) is 10.1 Å². The zero-order chi connectivity index (χ0) is 24.0. The third-order valence-electron chi connectivity index (χ3n) is 4.68. The van der Waals surface area contributed by atoms with Crippen molar-refractivity contribution in [2.45, 2.75) is 18.7 Å². The lowest BCUT2D eigenvalue weighted by Crippen LogP contribution is -2.18. The lowest BCUT2D eigenvalue weighted by Gasteiger charge is -2.11. The van der Waals surface area contributed by atoms with Crippen molar-refractivity contribution in [3.05, 3.63) is 82.9 Å². The number of hydrazone groups is 1. The number of nitrogens with one attached hydrogen (secondary N) is 1. The molecular formula is C24H24N2O6S. The van der Waals surface area contributed by atoms with Gasteiger partial charge in [-0.15, -0.1) is 0 Å². The maximum absolute atomic E-state index is 12.6. The molecule has 172 valence electrons. The standard InChI is InChI=1S/C24H24N2O6S/c1-16-5-9-19(10-6-16)33(28,29)32-21-12-8-18(14-23(21)31-4)15-25-26-24(27)20-11-7-17(2)13-22(20)30-3/h5-15H,1-4H3,(H,26,27)/b25-15-. The Hall–Kier alpha value is -3.85. The monoisotopic (exact) mass is 468 g/mol. The molecule has 0 radical (unpaired) electrons. The molecule has 0 aromatic heterocycles. The Labute approximate surface area is 192 Å². The molecule has 0 fully saturated rings. The molecule has 33 heavy (non-hydrogen) atoms.